The third-order valence-corrected chi connectivity index (χ3v) is 4.23. The lowest BCUT2D eigenvalue weighted by molar-refractivity contribution is 0.0926. The van der Waals surface area contributed by atoms with E-state index in [-0.39, 0.29) is 0 Å². The van der Waals surface area contributed by atoms with Gasteiger partial charge in [-0.3, -0.25) is 4.90 Å². The van der Waals surface area contributed by atoms with Gasteiger partial charge in [0, 0.05) is 25.2 Å². The van der Waals surface area contributed by atoms with Gasteiger partial charge in [0.1, 0.15) is 0 Å². The zero-order chi connectivity index (χ0) is 13.3. The SMILES string of the molecule is CCCCOCCN1CCCNC(CC)(CC)C1. The van der Waals surface area contributed by atoms with E-state index in [9.17, 15) is 0 Å². The monoisotopic (exact) mass is 256 g/mol. The Kier molecular flexibility index (Phi) is 7.87. The second-order valence-corrected chi connectivity index (χ2v) is 5.51. The Morgan fingerprint density at radius 2 is 1.94 bits per heavy atom. The van der Waals surface area contributed by atoms with Crippen LogP contribution < -0.4 is 5.32 Å². The number of nitrogens with one attached hydrogen (secondary N) is 1. The van der Waals surface area contributed by atoms with Crippen LogP contribution in [0.25, 0.3) is 0 Å². The lowest BCUT2D eigenvalue weighted by atomic mass is 9.92. The van der Waals surface area contributed by atoms with Crippen molar-refractivity contribution in [2.75, 3.05) is 39.4 Å². The van der Waals surface area contributed by atoms with Crippen LogP contribution in [0.2, 0.25) is 0 Å². The van der Waals surface area contributed by atoms with Crippen LogP contribution in [0.1, 0.15) is 52.9 Å². The fourth-order valence-electron chi connectivity index (χ4n) is 2.68. The molecule has 1 aliphatic rings. The number of hydrogen-bond acceptors (Lipinski definition) is 3. The van der Waals surface area contributed by atoms with Crippen molar-refractivity contribution in [2.45, 2.75) is 58.4 Å². The van der Waals surface area contributed by atoms with Crippen LogP contribution in [0.15, 0.2) is 0 Å². The highest BCUT2D eigenvalue weighted by Crippen LogP contribution is 2.19. The second-order valence-electron chi connectivity index (χ2n) is 5.51. The number of unbranched alkanes of at least 4 members (excludes halogenated alkanes) is 1. The smallest absolute Gasteiger partial charge is 0.0593 e. The van der Waals surface area contributed by atoms with E-state index in [2.05, 4.69) is 31.0 Å². The summed E-state index contributed by atoms with van der Waals surface area (Å²) in [4.78, 5) is 2.58. The standard InChI is InChI=1S/C15H32N2O/c1-4-7-12-18-13-11-17-10-8-9-16-15(5-2,6-3)14-17/h16H,4-14H2,1-3H3. The third-order valence-electron chi connectivity index (χ3n) is 4.23. The number of ether oxygens (including phenoxy) is 1. The number of hydrogen-bond donors (Lipinski definition) is 1. The summed E-state index contributed by atoms with van der Waals surface area (Å²) < 4.78 is 5.69. The molecule has 0 aromatic heterocycles. The zero-order valence-electron chi connectivity index (χ0n) is 12.6. The molecule has 0 bridgehead atoms. The molecule has 0 spiro atoms. The van der Waals surface area contributed by atoms with E-state index in [4.69, 9.17) is 4.74 Å². The van der Waals surface area contributed by atoms with Crippen LogP contribution >= 0.6 is 0 Å². The Bertz CT molecular complexity index is 205. The van der Waals surface area contributed by atoms with E-state index in [0.29, 0.717) is 5.54 Å². The van der Waals surface area contributed by atoms with Gasteiger partial charge >= 0.3 is 0 Å². The number of rotatable bonds is 8. The largest absolute Gasteiger partial charge is 0.380 e. The summed E-state index contributed by atoms with van der Waals surface area (Å²) in [7, 11) is 0. The Labute approximate surface area is 113 Å². The second kappa shape index (κ2) is 8.89. The van der Waals surface area contributed by atoms with Gasteiger partial charge in [0.05, 0.1) is 6.61 Å². The molecule has 0 unspecified atom stereocenters. The molecular formula is C15H32N2O. The van der Waals surface area contributed by atoms with Gasteiger partial charge in [-0.05, 0) is 38.8 Å². The summed E-state index contributed by atoms with van der Waals surface area (Å²) in [6.45, 7) is 13.3. The topological polar surface area (TPSA) is 24.5 Å². The van der Waals surface area contributed by atoms with Gasteiger partial charge in [0.25, 0.3) is 0 Å². The lowest BCUT2D eigenvalue weighted by Gasteiger charge is -2.35. The van der Waals surface area contributed by atoms with Gasteiger partial charge in [0.15, 0.2) is 0 Å². The van der Waals surface area contributed by atoms with Crippen LogP contribution in [0.4, 0.5) is 0 Å². The fraction of sp³-hybridized carbons (Fsp3) is 1.00. The highest BCUT2D eigenvalue weighted by atomic mass is 16.5. The molecule has 0 aromatic carbocycles. The molecule has 0 atom stereocenters. The summed E-state index contributed by atoms with van der Waals surface area (Å²) in [6, 6.07) is 0. The molecule has 0 aliphatic carbocycles. The van der Waals surface area contributed by atoms with Gasteiger partial charge in [-0.25, -0.2) is 0 Å². The van der Waals surface area contributed by atoms with E-state index in [0.717, 1.165) is 26.3 Å². The molecule has 0 aromatic rings. The molecule has 3 heteroatoms. The quantitative estimate of drug-likeness (QED) is 0.676. The summed E-state index contributed by atoms with van der Waals surface area (Å²) >= 11 is 0. The molecule has 1 N–H and O–H groups in total. The van der Waals surface area contributed by atoms with Gasteiger partial charge in [-0.2, -0.15) is 0 Å². The summed E-state index contributed by atoms with van der Waals surface area (Å²) in [5.41, 5.74) is 0.333. The minimum atomic E-state index is 0.333. The summed E-state index contributed by atoms with van der Waals surface area (Å²) in [5, 5.41) is 3.75. The van der Waals surface area contributed by atoms with Crippen molar-refractivity contribution < 1.29 is 4.74 Å². The van der Waals surface area contributed by atoms with Gasteiger partial charge < -0.3 is 10.1 Å². The van der Waals surface area contributed by atoms with Gasteiger partial charge in [-0.15, -0.1) is 0 Å². The minimum Gasteiger partial charge on any atom is -0.380 e. The van der Waals surface area contributed by atoms with Crippen LogP contribution in [0.5, 0.6) is 0 Å². The zero-order valence-corrected chi connectivity index (χ0v) is 12.6. The first-order valence-electron chi connectivity index (χ1n) is 7.81. The van der Waals surface area contributed by atoms with Crippen LogP contribution in [-0.4, -0.2) is 49.8 Å². The molecule has 1 aliphatic heterocycles. The maximum atomic E-state index is 5.69. The first kappa shape index (κ1) is 15.9. The molecule has 0 amide bonds. The first-order valence-corrected chi connectivity index (χ1v) is 7.81. The average Bonchev–Trinajstić information content (AvgIpc) is 2.61. The summed E-state index contributed by atoms with van der Waals surface area (Å²) in [5.74, 6) is 0. The van der Waals surface area contributed by atoms with Crippen molar-refractivity contribution in [1.82, 2.24) is 10.2 Å². The molecule has 1 rings (SSSR count). The van der Waals surface area contributed by atoms with Crippen molar-refractivity contribution in [1.29, 1.82) is 0 Å². The molecule has 108 valence electrons. The van der Waals surface area contributed by atoms with E-state index in [1.54, 1.807) is 0 Å². The third kappa shape index (κ3) is 5.25. The van der Waals surface area contributed by atoms with Crippen LogP contribution in [0, 0.1) is 0 Å². The molecule has 1 fully saturated rings. The van der Waals surface area contributed by atoms with Crippen molar-refractivity contribution in [3.63, 3.8) is 0 Å². The molecule has 0 saturated carbocycles. The highest BCUT2D eigenvalue weighted by Gasteiger charge is 2.29. The van der Waals surface area contributed by atoms with Crippen LogP contribution in [0.3, 0.4) is 0 Å². The first-order chi connectivity index (χ1) is 8.76. The molecule has 1 saturated heterocycles. The van der Waals surface area contributed by atoms with E-state index in [1.807, 2.05) is 0 Å². The number of nitrogens with zero attached hydrogens (tertiary/aromatic N) is 1. The highest BCUT2D eigenvalue weighted by molar-refractivity contribution is 4.90. The Hall–Kier alpha value is -0.120. The van der Waals surface area contributed by atoms with E-state index >= 15 is 0 Å². The normalized spacial score (nSPS) is 20.8. The predicted octanol–water partition coefficient (Wildman–Crippen LogP) is 2.66. The molecule has 1 heterocycles. The average molecular weight is 256 g/mol. The maximum Gasteiger partial charge on any atom is 0.0593 e. The van der Waals surface area contributed by atoms with Crippen molar-refractivity contribution in [2.24, 2.45) is 0 Å². The maximum absolute atomic E-state index is 5.69. The van der Waals surface area contributed by atoms with Gasteiger partial charge in [-0.1, -0.05) is 27.2 Å². The van der Waals surface area contributed by atoms with Crippen molar-refractivity contribution in [3.05, 3.63) is 0 Å². The molecule has 18 heavy (non-hydrogen) atoms. The Morgan fingerprint density at radius 3 is 2.61 bits per heavy atom. The predicted molar refractivity (Wildman–Crippen MR) is 78.1 cm³/mol. The minimum absolute atomic E-state index is 0.333. The Morgan fingerprint density at radius 1 is 1.17 bits per heavy atom. The molecule has 0 radical (unpaired) electrons. The van der Waals surface area contributed by atoms with E-state index in [1.165, 1.54) is 45.2 Å². The lowest BCUT2D eigenvalue weighted by Crippen LogP contribution is -2.51. The van der Waals surface area contributed by atoms with Crippen LogP contribution in [-0.2, 0) is 4.74 Å². The van der Waals surface area contributed by atoms with Crippen molar-refractivity contribution in [3.8, 4) is 0 Å². The molecular weight excluding hydrogens is 224 g/mol. The fourth-order valence-corrected chi connectivity index (χ4v) is 2.68. The molecule has 3 nitrogen and oxygen atoms in total. The summed E-state index contributed by atoms with van der Waals surface area (Å²) in [6.07, 6.45) is 6.11. The van der Waals surface area contributed by atoms with Gasteiger partial charge in [0.2, 0.25) is 0 Å². The van der Waals surface area contributed by atoms with E-state index < -0.39 is 0 Å². The Balaban J connectivity index is 2.30. The van der Waals surface area contributed by atoms with Crippen molar-refractivity contribution >= 4 is 0 Å².